The van der Waals surface area contributed by atoms with Gasteiger partial charge in [-0.15, -0.1) is 0 Å². The first-order valence-electron chi connectivity index (χ1n) is 6.87. The van der Waals surface area contributed by atoms with Gasteiger partial charge in [-0.05, 0) is 36.4 Å². The van der Waals surface area contributed by atoms with Gasteiger partial charge >= 0.3 is 5.97 Å². The monoisotopic (exact) mass is 382 g/mol. The van der Waals surface area contributed by atoms with E-state index in [-0.39, 0.29) is 27.6 Å². The molecule has 0 aliphatic heterocycles. The Morgan fingerprint density at radius 1 is 1.04 bits per heavy atom. The van der Waals surface area contributed by atoms with Crippen LogP contribution < -0.4 is 10.6 Å². The zero-order chi connectivity index (χ0) is 18.6. The number of nitrogens with one attached hydrogen (secondary N) is 2. The second kappa shape index (κ2) is 7.87. The maximum atomic E-state index is 12.0. The minimum atomic E-state index is -1.21. The van der Waals surface area contributed by atoms with Crippen molar-refractivity contribution in [2.75, 3.05) is 11.9 Å². The van der Waals surface area contributed by atoms with Crippen LogP contribution in [0.25, 0.3) is 0 Å². The molecule has 2 amide bonds. The number of carboxylic acid groups (broad SMARTS) is 1. The van der Waals surface area contributed by atoms with E-state index in [0.717, 1.165) is 12.1 Å². The maximum absolute atomic E-state index is 12.0. The number of phenols is 1. The van der Waals surface area contributed by atoms with E-state index in [2.05, 4.69) is 10.6 Å². The van der Waals surface area contributed by atoms with Crippen molar-refractivity contribution in [3.63, 3.8) is 0 Å². The lowest BCUT2D eigenvalue weighted by Crippen LogP contribution is -2.33. The van der Waals surface area contributed by atoms with Crippen molar-refractivity contribution in [3.05, 3.63) is 57.6 Å². The van der Waals surface area contributed by atoms with Crippen LogP contribution in [0.1, 0.15) is 20.7 Å². The number of carboxylic acids is 1. The van der Waals surface area contributed by atoms with Gasteiger partial charge in [-0.25, -0.2) is 4.79 Å². The van der Waals surface area contributed by atoms with Crippen LogP contribution in [-0.4, -0.2) is 34.5 Å². The van der Waals surface area contributed by atoms with Gasteiger partial charge in [-0.3, -0.25) is 9.59 Å². The van der Waals surface area contributed by atoms with Crippen molar-refractivity contribution in [2.24, 2.45) is 0 Å². The highest BCUT2D eigenvalue weighted by atomic mass is 35.5. The third-order valence-electron chi connectivity index (χ3n) is 3.10. The number of halogens is 2. The van der Waals surface area contributed by atoms with Gasteiger partial charge in [-0.1, -0.05) is 23.2 Å². The Balaban J connectivity index is 2.00. The predicted octanol–water partition coefficient (Wildman–Crippen LogP) is 2.77. The SMILES string of the molecule is O=C(CNC(=O)c1ccc(Cl)cc1Cl)Nc1cc(C(=O)O)ccc1O. The summed E-state index contributed by atoms with van der Waals surface area (Å²) in [5.74, 6) is -2.75. The number of phenolic OH excluding ortho intramolecular Hbond substituents is 1. The van der Waals surface area contributed by atoms with E-state index < -0.39 is 24.3 Å². The quantitative estimate of drug-likeness (QED) is 0.593. The lowest BCUT2D eigenvalue weighted by molar-refractivity contribution is -0.115. The number of amides is 2. The summed E-state index contributed by atoms with van der Waals surface area (Å²) in [4.78, 5) is 34.8. The van der Waals surface area contributed by atoms with E-state index in [1.54, 1.807) is 0 Å². The zero-order valence-corrected chi connectivity index (χ0v) is 14.1. The molecule has 0 radical (unpaired) electrons. The van der Waals surface area contributed by atoms with Crippen molar-refractivity contribution >= 4 is 46.7 Å². The normalized spacial score (nSPS) is 10.2. The number of anilines is 1. The summed E-state index contributed by atoms with van der Waals surface area (Å²) in [5, 5.41) is 23.7. The summed E-state index contributed by atoms with van der Waals surface area (Å²) in [6, 6.07) is 7.74. The molecule has 2 aromatic rings. The molecule has 0 heterocycles. The van der Waals surface area contributed by atoms with Gasteiger partial charge in [0.05, 0.1) is 28.4 Å². The van der Waals surface area contributed by atoms with Crippen LogP contribution in [0.2, 0.25) is 10.0 Å². The Morgan fingerprint density at radius 2 is 1.76 bits per heavy atom. The fraction of sp³-hybridized carbons (Fsp3) is 0.0625. The van der Waals surface area contributed by atoms with Crippen LogP contribution in [0.4, 0.5) is 5.69 Å². The van der Waals surface area contributed by atoms with Crippen molar-refractivity contribution < 1.29 is 24.6 Å². The average Bonchev–Trinajstić information content (AvgIpc) is 2.54. The number of rotatable bonds is 5. The first kappa shape index (κ1) is 18.6. The van der Waals surface area contributed by atoms with E-state index >= 15 is 0 Å². The molecule has 0 saturated heterocycles. The van der Waals surface area contributed by atoms with E-state index in [4.69, 9.17) is 28.3 Å². The van der Waals surface area contributed by atoms with Crippen LogP contribution in [-0.2, 0) is 4.79 Å². The summed E-state index contributed by atoms with van der Waals surface area (Å²) in [6.45, 7) is -0.408. The first-order valence-corrected chi connectivity index (χ1v) is 7.63. The molecule has 0 aliphatic carbocycles. The average molecular weight is 383 g/mol. The molecule has 25 heavy (non-hydrogen) atoms. The number of aromatic hydroxyl groups is 1. The Bertz CT molecular complexity index is 854. The Labute approximate surface area is 152 Å². The minimum Gasteiger partial charge on any atom is -0.506 e. The second-order valence-electron chi connectivity index (χ2n) is 4.89. The molecule has 0 fully saturated rings. The lowest BCUT2D eigenvalue weighted by Gasteiger charge is -2.10. The van der Waals surface area contributed by atoms with Crippen molar-refractivity contribution in [2.45, 2.75) is 0 Å². The summed E-state index contributed by atoms with van der Waals surface area (Å²) >= 11 is 11.6. The van der Waals surface area contributed by atoms with Crippen molar-refractivity contribution in [3.8, 4) is 5.75 Å². The van der Waals surface area contributed by atoms with E-state index in [1.165, 1.54) is 24.3 Å². The minimum absolute atomic E-state index is 0.0799. The third-order valence-corrected chi connectivity index (χ3v) is 3.65. The van der Waals surface area contributed by atoms with Gasteiger partial charge in [0, 0.05) is 5.02 Å². The van der Waals surface area contributed by atoms with Gasteiger partial charge in [0.1, 0.15) is 5.75 Å². The summed E-state index contributed by atoms with van der Waals surface area (Å²) < 4.78 is 0. The smallest absolute Gasteiger partial charge is 0.335 e. The Hall–Kier alpha value is -2.77. The molecule has 7 nitrogen and oxygen atoms in total. The maximum Gasteiger partial charge on any atom is 0.335 e. The van der Waals surface area contributed by atoms with Gasteiger partial charge in [0.15, 0.2) is 0 Å². The summed E-state index contributed by atoms with van der Waals surface area (Å²) in [6.07, 6.45) is 0. The van der Waals surface area contributed by atoms with Gasteiger partial charge in [0.2, 0.25) is 5.91 Å². The van der Waals surface area contributed by atoms with Crippen LogP contribution in [0.15, 0.2) is 36.4 Å². The number of aromatic carboxylic acids is 1. The number of benzene rings is 2. The molecule has 0 atom stereocenters. The molecule has 0 aromatic heterocycles. The molecule has 9 heteroatoms. The van der Waals surface area contributed by atoms with Gasteiger partial charge < -0.3 is 20.8 Å². The molecular weight excluding hydrogens is 371 g/mol. The highest BCUT2D eigenvalue weighted by molar-refractivity contribution is 6.36. The number of carbonyl (C=O) groups excluding carboxylic acids is 2. The Kier molecular flexibility index (Phi) is 5.84. The number of carbonyl (C=O) groups is 3. The Morgan fingerprint density at radius 3 is 2.40 bits per heavy atom. The van der Waals surface area contributed by atoms with Crippen LogP contribution in [0.3, 0.4) is 0 Å². The predicted molar refractivity (Wildman–Crippen MR) is 92.5 cm³/mol. The third kappa shape index (κ3) is 4.85. The molecule has 2 aromatic carbocycles. The molecule has 0 spiro atoms. The molecule has 0 saturated carbocycles. The highest BCUT2D eigenvalue weighted by Gasteiger charge is 2.14. The van der Waals surface area contributed by atoms with Crippen LogP contribution >= 0.6 is 23.2 Å². The number of hydrogen-bond donors (Lipinski definition) is 4. The van der Waals surface area contributed by atoms with Crippen molar-refractivity contribution in [1.29, 1.82) is 0 Å². The highest BCUT2D eigenvalue weighted by Crippen LogP contribution is 2.24. The van der Waals surface area contributed by atoms with E-state index in [0.29, 0.717) is 5.02 Å². The molecule has 2 rings (SSSR count). The fourth-order valence-electron chi connectivity index (χ4n) is 1.89. The summed E-state index contributed by atoms with van der Waals surface area (Å²) in [7, 11) is 0. The zero-order valence-electron chi connectivity index (χ0n) is 12.5. The standard InChI is InChI=1S/C16H12Cl2N2O5/c17-9-2-3-10(11(18)6-9)15(23)19-7-14(22)20-12-5-8(16(24)25)1-4-13(12)21/h1-6,21H,7H2,(H,19,23)(H,20,22)(H,24,25). The molecular formula is C16H12Cl2N2O5. The second-order valence-corrected chi connectivity index (χ2v) is 5.74. The van der Waals surface area contributed by atoms with E-state index in [9.17, 15) is 19.5 Å². The first-order chi connectivity index (χ1) is 11.8. The largest absolute Gasteiger partial charge is 0.506 e. The molecule has 4 N–H and O–H groups in total. The van der Waals surface area contributed by atoms with Crippen LogP contribution in [0, 0.1) is 0 Å². The molecule has 0 unspecified atom stereocenters. The molecule has 130 valence electrons. The van der Waals surface area contributed by atoms with Crippen LogP contribution in [0.5, 0.6) is 5.75 Å². The topological polar surface area (TPSA) is 116 Å². The van der Waals surface area contributed by atoms with Crippen molar-refractivity contribution in [1.82, 2.24) is 5.32 Å². The van der Waals surface area contributed by atoms with Gasteiger partial charge in [-0.2, -0.15) is 0 Å². The molecule has 0 bridgehead atoms. The fourth-order valence-corrected chi connectivity index (χ4v) is 2.39. The number of hydrogen-bond acceptors (Lipinski definition) is 4. The summed E-state index contributed by atoms with van der Waals surface area (Å²) in [5.41, 5.74) is -0.0386. The van der Waals surface area contributed by atoms with E-state index in [1.807, 2.05) is 0 Å². The van der Waals surface area contributed by atoms with Gasteiger partial charge in [0.25, 0.3) is 5.91 Å². The molecule has 0 aliphatic rings. The lowest BCUT2D eigenvalue weighted by atomic mass is 10.2.